The van der Waals surface area contributed by atoms with Crippen molar-refractivity contribution in [3.8, 4) is 0 Å². The highest BCUT2D eigenvalue weighted by Crippen LogP contribution is 2.74. The second kappa shape index (κ2) is 7.17. The molecule has 30 heavy (non-hydrogen) atoms. The molecule has 0 aromatic rings. The third-order valence-electron chi connectivity index (χ3n) is 8.40. The number of carbonyl (C=O) groups is 2. The van der Waals surface area contributed by atoms with Crippen LogP contribution in [0.1, 0.15) is 61.3 Å². The Morgan fingerprint density at radius 2 is 1.73 bits per heavy atom. The number of carbonyl (C=O) groups excluding carboxylic acids is 2. The number of esters is 2. The molecular weight excluding hydrogens is 412 g/mol. The predicted octanol–water partition coefficient (Wildman–Crippen LogP) is 2.45. The van der Waals surface area contributed by atoms with Crippen LogP contribution >= 0.6 is 0 Å². The van der Waals surface area contributed by atoms with Crippen molar-refractivity contribution in [2.75, 3.05) is 19.8 Å². The van der Waals surface area contributed by atoms with Gasteiger partial charge in [-0.25, -0.2) is 4.79 Å². The quantitative estimate of drug-likeness (QED) is 0.318. The fraction of sp³-hybridized carbons (Fsp3) is 0.905. The largest absolute Gasteiger partial charge is 0.462 e. The molecule has 0 radical (unpaired) electrons. The van der Waals surface area contributed by atoms with E-state index in [1.54, 1.807) is 20.8 Å². The van der Waals surface area contributed by atoms with E-state index in [-0.39, 0.29) is 37.6 Å². The molecule has 1 saturated heterocycles. The minimum atomic E-state index is -3.66. The van der Waals surface area contributed by atoms with E-state index in [0.29, 0.717) is 12.8 Å². The standard InChI is InChI=1S/C21H34O8S/c1-8-18(3,4)17(23)27-10-9-26-15(22)12-28-21(7)19(5)11-14-16(13(19)2)20(21,6)29-30(14,24)25/h13-14,16H,8-12H2,1-7H3. The van der Waals surface area contributed by atoms with E-state index in [2.05, 4.69) is 0 Å². The first-order chi connectivity index (χ1) is 13.7. The zero-order valence-electron chi connectivity index (χ0n) is 18.9. The molecule has 0 N–H and O–H groups in total. The molecule has 0 aromatic carbocycles. The molecule has 0 spiro atoms. The molecule has 6 unspecified atom stereocenters. The number of hydrogen-bond acceptors (Lipinski definition) is 8. The van der Waals surface area contributed by atoms with E-state index in [1.165, 1.54) is 0 Å². The lowest BCUT2D eigenvalue weighted by molar-refractivity contribution is -0.202. The van der Waals surface area contributed by atoms with E-state index in [0.717, 1.165) is 0 Å². The molecule has 2 aliphatic carbocycles. The maximum Gasteiger partial charge on any atom is 0.332 e. The molecule has 0 amide bonds. The summed E-state index contributed by atoms with van der Waals surface area (Å²) in [5.41, 5.74) is -3.00. The van der Waals surface area contributed by atoms with Gasteiger partial charge in [-0.1, -0.05) is 20.8 Å². The van der Waals surface area contributed by atoms with Crippen molar-refractivity contribution in [3.63, 3.8) is 0 Å². The average molecular weight is 447 g/mol. The molecule has 8 nitrogen and oxygen atoms in total. The van der Waals surface area contributed by atoms with Crippen LogP contribution in [-0.4, -0.2) is 56.6 Å². The van der Waals surface area contributed by atoms with Gasteiger partial charge in [-0.3, -0.25) is 8.98 Å². The van der Waals surface area contributed by atoms with Gasteiger partial charge in [-0.05, 0) is 46.5 Å². The third kappa shape index (κ3) is 3.11. The Morgan fingerprint density at radius 3 is 2.33 bits per heavy atom. The smallest absolute Gasteiger partial charge is 0.332 e. The molecule has 3 rings (SSSR count). The Hall–Kier alpha value is -1.19. The Labute approximate surface area is 179 Å². The van der Waals surface area contributed by atoms with Gasteiger partial charge in [-0.15, -0.1) is 0 Å². The lowest BCUT2D eigenvalue weighted by Gasteiger charge is -2.48. The van der Waals surface area contributed by atoms with Crippen LogP contribution in [0.5, 0.6) is 0 Å². The normalized spacial score (nSPS) is 41.1. The number of hydrogen-bond donors (Lipinski definition) is 0. The van der Waals surface area contributed by atoms with Gasteiger partial charge < -0.3 is 14.2 Å². The van der Waals surface area contributed by atoms with Crippen molar-refractivity contribution in [2.45, 2.75) is 77.8 Å². The summed E-state index contributed by atoms with van der Waals surface area (Å²) in [6, 6.07) is 0. The van der Waals surface area contributed by atoms with Crippen molar-refractivity contribution in [3.05, 3.63) is 0 Å². The first-order valence-electron chi connectivity index (χ1n) is 10.6. The summed E-state index contributed by atoms with van der Waals surface area (Å²) in [5, 5.41) is -0.520. The molecule has 2 bridgehead atoms. The molecule has 3 aliphatic rings. The van der Waals surface area contributed by atoms with Crippen molar-refractivity contribution >= 4 is 22.1 Å². The van der Waals surface area contributed by atoms with Gasteiger partial charge >= 0.3 is 11.9 Å². The Morgan fingerprint density at radius 1 is 1.13 bits per heavy atom. The SMILES string of the molecule is CCC(C)(C)C(=O)OCCOC(=O)COC1(C)C2(C)CC3C(C2C)C1(C)OS3(=O)=O. The molecule has 1 aliphatic heterocycles. The van der Waals surface area contributed by atoms with Crippen molar-refractivity contribution in [1.29, 1.82) is 0 Å². The molecule has 9 heteroatoms. The first kappa shape index (κ1) is 23.5. The zero-order valence-corrected chi connectivity index (χ0v) is 19.8. The number of fused-ring (bicyclic) bond motifs is 1. The van der Waals surface area contributed by atoms with Crippen molar-refractivity contribution in [1.82, 2.24) is 0 Å². The van der Waals surface area contributed by atoms with Crippen LogP contribution in [0.15, 0.2) is 0 Å². The van der Waals surface area contributed by atoms with Crippen molar-refractivity contribution < 1.29 is 36.4 Å². The lowest BCUT2D eigenvalue weighted by Crippen LogP contribution is -2.60. The third-order valence-corrected chi connectivity index (χ3v) is 10.2. The molecule has 2 saturated carbocycles. The van der Waals surface area contributed by atoms with Crippen molar-refractivity contribution in [2.24, 2.45) is 22.7 Å². The van der Waals surface area contributed by atoms with Gasteiger partial charge in [0.05, 0.1) is 10.7 Å². The molecule has 3 fully saturated rings. The summed E-state index contributed by atoms with van der Waals surface area (Å²) in [6.45, 7) is 12.7. The molecule has 172 valence electrons. The summed E-state index contributed by atoms with van der Waals surface area (Å²) in [5.74, 6) is -1.03. The minimum Gasteiger partial charge on any atom is -0.462 e. The van der Waals surface area contributed by atoms with Gasteiger partial charge in [0.15, 0.2) is 0 Å². The Kier molecular flexibility index (Phi) is 5.61. The second-order valence-corrected chi connectivity index (χ2v) is 11.8. The van der Waals surface area contributed by atoms with Crippen LogP contribution in [0.25, 0.3) is 0 Å². The molecule has 1 heterocycles. The summed E-state index contributed by atoms with van der Waals surface area (Å²) in [7, 11) is -3.66. The zero-order chi connectivity index (χ0) is 22.8. The van der Waals surface area contributed by atoms with Gasteiger partial charge in [0, 0.05) is 11.3 Å². The van der Waals surface area contributed by atoms with Crippen LogP contribution in [0.2, 0.25) is 0 Å². The fourth-order valence-corrected chi connectivity index (χ4v) is 7.98. The highest BCUT2D eigenvalue weighted by atomic mass is 32.2. The monoisotopic (exact) mass is 446 g/mol. The molecule has 6 atom stereocenters. The summed E-state index contributed by atoms with van der Waals surface area (Å²) in [6.07, 6.45) is 1.10. The van der Waals surface area contributed by atoms with Gasteiger partial charge in [0.1, 0.15) is 31.0 Å². The van der Waals surface area contributed by atoms with Crippen LogP contribution in [0.4, 0.5) is 0 Å². The number of ether oxygens (including phenoxy) is 3. The average Bonchev–Trinajstić information content (AvgIpc) is 3.08. The van der Waals surface area contributed by atoms with Gasteiger partial charge in [0.2, 0.25) is 0 Å². The molecular formula is C21H34O8S. The highest BCUT2D eigenvalue weighted by molar-refractivity contribution is 7.87. The summed E-state index contributed by atoms with van der Waals surface area (Å²) < 4.78 is 47.0. The van der Waals surface area contributed by atoms with E-state index in [9.17, 15) is 18.0 Å². The number of rotatable bonds is 8. The fourth-order valence-electron chi connectivity index (χ4n) is 5.70. The molecule has 0 aromatic heterocycles. The van der Waals surface area contributed by atoms with Crippen LogP contribution in [0.3, 0.4) is 0 Å². The van der Waals surface area contributed by atoms with Gasteiger partial charge in [-0.2, -0.15) is 8.42 Å². The van der Waals surface area contributed by atoms with Crippen LogP contribution in [0, 0.1) is 22.7 Å². The maximum absolute atomic E-state index is 12.5. The topological polar surface area (TPSA) is 105 Å². The van der Waals surface area contributed by atoms with E-state index in [4.69, 9.17) is 18.4 Å². The first-order valence-corrected chi connectivity index (χ1v) is 12.0. The van der Waals surface area contributed by atoms with Crippen LogP contribution < -0.4 is 0 Å². The van der Waals surface area contributed by atoms with E-state index >= 15 is 0 Å². The predicted molar refractivity (Wildman–Crippen MR) is 108 cm³/mol. The second-order valence-electron chi connectivity index (χ2n) is 10.1. The van der Waals surface area contributed by atoms with E-state index < -0.39 is 43.4 Å². The van der Waals surface area contributed by atoms with E-state index in [1.807, 2.05) is 27.7 Å². The Bertz CT molecular complexity index is 836. The van der Waals surface area contributed by atoms with Gasteiger partial charge in [0.25, 0.3) is 10.1 Å². The lowest BCUT2D eigenvalue weighted by atomic mass is 9.66. The summed E-state index contributed by atoms with van der Waals surface area (Å²) >= 11 is 0. The summed E-state index contributed by atoms with van der Waals surface area (Å²) in [4.78, 5) is 24.2. The maximum atomic E-state index is 12.5. The minimum absolute atomic E-state index is 0.0250. The highest BCUT2D eigenvalue weighted by Gasteiger charge is 2.83. The van der Waals surface area contributed by atoms with Crippen LogP contribution in [-0.2, 0) is 38.1 Å². The Balaban J connectivity index is 1.57.